The quantitative estimate of drug-likeness (QED) is 0.842. The third-order valence-electron chi connectivity index (χ3n) is 5.17. The third kappa shape index (κ3) is 2.88. The number of carbonyl (C=O) groups excluding carboxylic acids is 2. The fraction of sp³-hybridized carbons (Fsp3) is 0.368. The Balaban J connectivity index is 1.50. The minimum absolute atomic E-state index is 0.105. The topological polar surface area (TPSA) is 66.4 Å². The summed E-state index contributed by atoms with van der Waals surface area (Å²) < 4.78 is 0. The Labute approximate surface area is 146 Å². The number of benzene rings is 1. The molecule has 2 fully saturated rings. The summed E-state index contributed by atoms with van der Waals surface area (Å²) in [5.41, 5.74) is 2.32. The summed E-state index contributed by atoms with van der Waals surface area (Å²) in [5, 5.41) is 0. The van der Waals surface area contributed by atoms with E-state index in [0.717, 1.165) is 12.1 Å². The van der Waals surface area contributed by atoms with Crippen molar-refractivity contribution in [2.24, 2.45) is 5.41 Å². The van der Waals surface area contributed by atoms with Gasteiger partial charge in [0.15, 0.2) is 0 Å². The number of likely N-dealkylation sites (tertiary alicyclic amines) is 1. The highest BCUT2D eigenvalue weighted by Gasteiger charge is 2.49. The molecule has 0 N–H and O–H groups in total. The molecule has 1 spiro atoms. The maximum atomic E-state index is 12.6. The molecule has 25 heavy (non-hydrogen) atoms. The molecule has 0 saturated carbocycles. The average Bonchev–Trinajstić information content (AvgIpc) is 3.19. The van der Waals surface area contributed by atoms with E-state index in [1.807, 2.05) is 36.1 Å². The lowest BCUT2D eigenvalue weighted by Gasteiger charge is -2.24. The second kappa shape index (κ2) is 5.95. The van der Waals surface area contributed by atoms with E-state index < -0.39 is 0 Å². The van der Waals surface area contributed by atoms with E-state index in [1.54, 1.807) is 11.1 Å². The zero-order valence-electron chi connectivity index (χ0n) is 14.2. The van der Waals surface area contributed by atoms with Gasteiger partial charge in [0.1, 0.15) is 5.69 Å². The Morgan fingerprint density at radius 1 is 1.16 bits per heavy atom. The fourth-order valence-electron chi connectivity index (χ4n) is 3.81. The van der Waals surface area contributed by atoms with Crippen LogP contribution in [0.5, 0.6) is 0 Å². The van der Waals surface area contributed by atoms with E-state index in [-0.39, 0.29) is 17.2 Å². The van der Waals surface area contributed by atoms with Crippen molar-refractivity contribution in [1.82, 2.24) is 14.9 Å². The van der Waals surface area contributed by atoms with Crippen molar-refractivity contribution >= 4 is 17.5 Å². The first kappa shape index (κ1) is 15.7. The first-order chi connectivity index (χ1) is 12.1. The number of amides is 2. The molecule has 1 aromatic carbocycles. The number of carbonyl (C=O) groups is 2. The zero-order chi connectivity index (χ0) is 17.4. The first-order valence-electron chi connectivity index (χ1n) is 8.49. The van der Waals surface area contributed by atoms with Gasteiger partial charge in [-0.1, -0.05) is 17.7 Å². The molecule has 6 heteroatoms. The van der Waals surface area contributed by atoms with E-state index in [4.69, 9.17) is 0 Å². The second-order valence-corrected chi connectivity index (χ2v) is 7.06. The summed E-state index contributed by atoms with van der Waals surface area (Å²) in [5.74, 6) is 0.0314. The van der Waals surface area contributed by atoms with E-state index in [0.29, 0.717) is 31.7 Å². The van der Waals surface area contributed by atoms with Gasteiger partial charge in [0.25, 0.3) is 5.91 Å². The second-order valence-electron chi connectivity index (χ2n) is 7.06. The maximum Gasteiger partial charge on any atom is 0.274 e. The van der Waals surface area contributed by atoms with Crippen LogP contribution in [0.2, 0.25) is 0 Å². The molecule has 0 radical (unpaired) electrons. The standard InChI is InChI=1S/C19H20N4O2/c1-14-2-4-15(5-3-14)23-13-19(10-17(23)24)6-9-22(12-19)18(25)16-11-20-7-8-21-16/h2-5,7-8,11H,6,9-10,12-13H2,1H3/t19-/m1/s1. The molecule has 3 heterocycles. The summed E-state index contributed by atoms with van der Waals surface area (Å²) in [6, 6.07) is 8.02. The molecular formula is C19H20N4O2. The van der Waals surface area contributed by atoms with Crippen LogP contribution in [0.25, 0.3) is 0 Å². The number of nitrogens with zero attached hydrogens (tertiary/aromatic N) is 4. The minimum atomic E-state index is -0.153. The number of anilines is 1. The van der Waals surface area contributed by atoms with Crippen LogP contribution >= 0.6 is 0 Å². The summed E-state index contributed by atoms with van der Waals surface area (Å²) >= 11 is 0. The monoisotopic (exact) mass is 336 g/mol. The molecule has 128 valence electrons. The number of hydrogen-bond donors (Lipinski definition) is 0. The lowest BCUT2D eigenvalue weighted by atomic mass is 9.86. The summed E-state index contributed by atoms with van der Waals surface area (Å²) in [7, 11) is 0. The van der Waals surface area contributed by atoms with Gasteiger partial charge in [0.05, 0.1) is 6.20 Å². The van der Waals surface area contributed by atoms with Crippen molar-refractivity contribution in [2.45, 2.75) is 19.8 Å². The minimum Gasteiger partial charge on any atom is -0.337 e. The molecule has 1 atom stereocenters. The van der Waals surface area contributed by atoms with E-state index in [1.165, 1.54) is 18.0 Å². The highest BCUT2D eigenvalue weighted by molar-refractivity contribution is 5.97. The van der Waals surface area contributed by atoms with Gasteiger partial charge < -0.3 is 9.80 Å². The van der Waals surface area contributed by atoms with E-state index >= 15 is 0 Å². The van der Waals surface area contributed by atoms with Crippen molar-refractivity contribution in [3.8, 4) is 0 Å². The van der Waals surface area contributed by atoms with E-state index in [9.17, 15) is 9.59 Å². The van der Waals surface area contributed by atoms with Crippen molar-refractivity contribution in [3.05, 3.63) is 54.1 Å². The van der Waals surface area contributed by atoms with Gasteiger partial charge in [-0.05, 0) is 25.5 Å². The molecule has 4 rings (SSSR count). The van der Waals surface area contributed by atoms with Crippen molar-refractivity contribution in [3.63, 3.8) is 0 Å². The highest BCUT2D eigenvalue weighted by Crippen LogP contribution is 2.42. The van der Waals surface area contributed by atoms with Gasteiger partial charge in [-0.3, -0.25) is 14.6 Å². The lowest BCUT2D eigenvalue weighted by molar-refractivity contribution is -0.117. The Bertz CT molecular complexity index is 806. The molecule has 0 unspecified atom stereocenters. The molecule has 2 saturated heterocycles. The predicted molar refractivity (Wildman–Crippen MR) is 93.1 cm³/mol. The van der Waals surface area contributed by atoms with Gasteiger partial charge in [-0.25, -0.2) is 4.98 Å². The number of aromatic nitrogens is 2. The van der Waals surface area contributed by atoms with Gasteiger partial charge in [0, 0.05) is 49.6 Å². The molecule has 0 bridgehead atoms. The van der Waals surface area contributed by atoms with Crippen molar-refractivity contribution < 1.29 is 9.59 Å². The zero-order valence-corrected chi connectivity index (χ0v) is 14.2. The largest absolute Gasteiger partial charge is 0.337 e. The van der Waals surface area contributed by atoms with Crippen LogP contribution in [-0.2, 0) is 4.79 Å². The van der Waals surface area contributed by atoms with Gasteiger partial charge in [-0.2, -0.15) is 0 Å². The Kier molecular flexibility index (Phi) is 3.75. The number of rotatable bonds is 2. The normalized spacial score (nSPS) is 22.8. The van der Waals surface area contributed by atoms with Crippen LogP contribution < -0.4 is 4.90 Å². The third-order valence-corrected chi connectivity index (χ3v) is 5.17. The molecule has 2 aliphatic heterocycles. The highest BCUT2D eigenvalue weighted by atomic mass is 16.2. The molecule has 2 aliphatic rings. The van der Waals surface area contributed by atoms with Gasteiger partial charge in [0.2, 0.25) is 5.91 Å². The van der Waals surface area contributed by atoms with Crippen molar-refractivity contribution in [1.29, 1.82) is 0 Å². The summed E-state index contributed by atoms with van der Waals surface area (Å²) in [4.78, 5) is 36.9. The molecule has 2 amide bonds. The number of aryl methyl sites for hydroxylation is 1. The average molecular weight is 336 g/mol. The van der Waals surface area contributed by atoms with Crippen LogP contribution in [0.15, 0.2) is 42.9 Å². The van der Waals surface area contributed by atoms with Gasteiger partial charge >= 0.3 is 0 Å². The van der Waals surface area contributed by atoms with Crippen LogP contribution in [-0.4, -0.2) is 46.3 Å². The molecule has 2 aromatic rings. The fourth-order valence-corrected chi connectivity index (χ4v) is 3.81. The summed E-state index contributed by atoms with van der Waals surface area (Å²) in [6.45, 7) is 3.95. The molecule has 6 nitrogen and oxygen atoms in total. The molecular weight excluding hydrogens is 316 g/mol. The van der Waals surface area contributed by atoms with Crippen LogP contribution in [0, 0.1) is 12.3 Å². The lowest BCUT2D eigenvalue weighted by Crippen LogP contribution is -2.34. The number of hydrogen-bond acceptors (Lipinski definition) is 4. The Morgan fingerprint density at radius 2 is 1.96 bits per heavy atom. The van der Waals surface area contributed by atoms with Gasteiger partial charge in [-0.15, -0.1) is 0 Å². The Hall–Kier alpha value is -2.76. The summed E-state index contributed by atoms with van der Waals surface area (Å²) in [6.07, 6.45) is 5.90. The Morgan fingerprint density at radius 3 is 2.68 bits per heavy atom. The van der Waals surface area contributed by atoms with Crippen LogP contribution in [0.1, 0.15) is 28.9 Å². The van der Waals surface area contributed by atoms with E-state index in [2.05, 4.69) is 9.97 Å². The maximum absolute atomic E-state index is 12.6. The smallest absolute Gasteiger partial charge is 0.274 e. The first-order valence-corrected chi connectivity index (χ1v) is 8.49. The van der Waals surface area contributed by atoms with Crippen LogP contribution in [0.3, 0.4) is 0 Å². The van der Waals surface area contributed by atoms with Crippen molar-refractivity contribution in [2.75, 3.05) is 24.5 Å². The molecule has 1 aromatic heterocycles. The predicted octanol–water partition coefficient (Wildman–Crippen LogP) is 2.05. The molecule has 0 aliphatic carbocycles. The SMILES string of the molecule is Cc1ccc(N2C[C@]3(CCN(C(=O)c4cnccn4)C3)CC2=O)cc1. The van der Waals surface area contributed by atoms with Crippen LogP contribution in [0.4, 0.5) is 5.69 Å².